The van der Waals surface area contributed by atoms with E-state index in [2.05, 4.69) is 47.5 Å². The first kappa shape index (κ1) is 25.4. The molecule has 0 saturated carbocycles. The summed E-state index contributed by atoms with van der Waals surface area (Å²) in [5.41, 5.74) is 7.66. The lowest BCUT2D eigenvalue weighted by Gasteiger charge is -2.07. The van der Waals surface area contributed by atoms with Crippen LogP contribution in [0, 0.1) is 25.2 Å². The van der Waals surface area contributed by atoms with Gasteiger partial charge in [0, 0.05) is 5.39 Å². The zero-order valence-corrected chi connectivity index (χ0v) is 21.8. The SMILES string of the molecule is Cc1ccccc1/C=C\c1ccc(/C=C(/C#N)c2ccc(N=Nc3c(O)c(C)cc4ccccc34)cc2)cc1. The Balaban J connectivity index is 1.33. The van der Waals surface area contributed by atoms with E-state index in [0.29, 0.717) is 16.9 Å². The van der Waals surface area contributed by atoms with Crippen LogP contribution in [0.2, 0.25) is 0 Å². The summed E-state index contributed by atoms with van der Waals surface area (Å²) in [7, 11) is 0. The van der Waals surface area contributed by atoms with Gasteiger partial charge in [0.25, 0.3) is 0 Å². The first-order valence-corrected chi connectivity index (χ1v) is 12.7. The van der Waals surface area contributed by atoms with E-state index in [9.17, 15) is 10.4 Å². The molecule has 0 radical (unpaired) electrons. The number of allylic oxidation sites excluding steroid dienone is 1. The number of hydrogen-bond acceptors (Lipinski definition) is 4. The van der Waals surface area contributed by atoms with Gasteiger partial charge in [-0.1, -0.05) is 97.1 Å². The van der Waals surface area contributed by atoms with Crippen molar-refractivity contribution >= 4 is 45.9 Å². The summed E-state index contributed by atoms with van der Waals surface area (Å²) >= 11 is 0. The molecule has 5 rings (SSSR count). The first-order valence-electron chi connectivity index (χ1n) is 12.7. The molecule has 0 fully saturated rings. The Morgan fingerprint density at radius 1 is 0.744 bits per heavy atom. The van der Waals surface area contributed by atoms with Gasteiger partial charge in [0.1, 0.15) is 11.4 Å². The lowest BCUT2D eigenvalue weighted by Crippen LogP contribution is -1.83. The third-order valence-electron chi connectivity index (χ3n) is 6.64. The monoisotopic (exact) mass is 505 g/mol. The number of phenols is 1. The van der Waals surface area contributed by atoms with E-state index in [1.54, 1.807) is 0 Å². The van der Waals surface area contributed by atoms with Gasteiger partial charge in [-0.3, -0.25) is 0 Å². The Morgan fingerprint density at radius 2 is 1.44 bits per heavy atom. The first-order chi connectivity index (χ1) is 19.0. The summed E-state index contributed by atoms with van der Waals surface area (Å²) in [6, 6.07) is 35.8. The molecule has 1 N–H and O–H groups in total. The van der Waals surface area contributed by atoms with Gasteiger partial charge in [-0.25, -0.2) is 0 Å². The van der Waals surface area contributed by atoms with Crippen LogP contribution in [0.25, 0.3) is 34.6 Å². The molecule has 4 heteroatoms. The summed E-state index contributed by atoms with van der Waals surface area (Å²) in [6.45, 7) is 3.95. The van der Waals surface area contributed by atoms with Crippen molar-refractivity contribution in [1.29, 1.82) is 5.26 Å². The van der Waals surface area contributed by atoms with Crippen molar-refractivity contribution in [1.82, 2.24) is 0 Å². The summed E-state index contributed by atoms with van der Waals surface area (Å²) in [5.74, 6) is 0.125. The predicted octanol–water partition coefficient (Wildman–Crippen LogP) is 9.81. The number of nitriles is 1. The molecule has 0 bridgehead atoms. The molecular formula is C35H27N3O. The van der Waals surface area contributed by atoms with Crippen LogP contribution in [-0.4, -0.2) is 5.11 Å². The largest absolute Gasteiger partial charge is 0.505 e. The number of fused-ring (bicyclic) bond motifs is 1. The fourth-order valence-electron chi connectivity index (χ4n) is 4.38. The maximum Gasteiger partial charge on any atom is 0.146 e. The number of benzene rings is 5. The van der Waals surface area contributed by atoms with Crippen LogP contribution < -0.4 is 0 Å². The Kier molecular flexibility index (Phi) is 7.43. The Labute approximate surface area is 228 Å². The molecular weight excluding hydrogens is 478 g/mol. The molecule has 0 amide bonds. The van der Waals surface area contributed by atoms with E-state index in [0.717, 1.165) is 33.0 Å². The van der Waals surface area contributed by atoms with Gasteiger partial charge in [-0.2, -0.15) is 10.4 Å². The van der Waals surface area contributed by atoms with Gasteiger partial charge >= 0.3 is 0 Å². The van der Waals surface area contributed by atoms with Crippen LogP contribution >= 0.6 is 0 Å². The topological polar surface area (TPSA) is 68.7 Å². The molecule has 0 unspecified atom stereocenters. The zero-order chi connectivity index (χ0) is 27.2. The molecule has 39 heavy (non-hydrogen) atoms. The summed E-state index contributed by atoms with van der Waals surface area (Å²) in [5, 5.41) is 30.9. The normalized spacial score (nSPS) is 11.9. The number of aromatic hydroxyl groups is 1. The Morgan fingerprint density at radius 3 is 2.18 bits per heavy atom. The van der Waals surface area contributed by atoms with Crippen molar-refractivity contribution in [3.05, 3.63) is 137 Å². The summed E-state index contributed by atoms with van der Waals surface area (Å²) < 4.78 is 0. The Hall–Kier alpha value is -5.27. The van der Waals surface area contributed by atoms with E-state index in [1.165, 1.54) is 11.1 Å². The molecule has 0 aliphatic carbocycles. The van der Waals surface area contributed by atoms with E-state index in [1.807, 2.05) is 104 Å². The molecule has 5 aromatic rings. The maximum absolute atomic E-state index is 10.6. The smallest absolute Gasteiger partial charge is 0.146 e. The van der Waals surface area contributed by atoms with E-state index < -0.39 is 0 Å². The van der Waals surface area contributed by atoms with Gasteiger partial charge in [0.15, 0.2) is 0 Å². The Bertz CT molecular complexity index is 1770. The average molecular weight is 506 g/mol. The zero-order valence-electron chi connectivity index (χ0n) is 21.8. The number of rotatable bonds is 6. The van der Waals surface area contributed by atoms with Gasteiger partial charge < -0.3 is 5.11 Å². The molecule has 0 aromatic heterocycles. The highest BCUT2D eigenvalue weighted by Crippen LogP contribution is 2.38. The van der Waals surface area contributed by atoms with Crippen molar-refractivity contribution < 1.29 is 5.11 Å². The molecule has 0 heterocycles. The number of hydrogen-bond donors (Lipinski definition) is 1. The maximum atomic E-state index is 10.6. The van der Waals surface area contributed by atoms with Crippen LogP contribution in [0.3, 0.4) is 0 Å². The number of phenolic OH excluding ortho intramolecular Hbond substituents is 1. The lowest BCUT2D eigenvalue weighted by molar-refractivity contribution is 0.473. The highest BCUT2D eigenvalue weighted by atomic mass is 16.3. The summed E-state index contributed by atoms with van der Waals surface area (Å²) in [4.78, 5) is 0. The van der Waals surface area contributed by atoms with Crippen molar-refractivity contribution in [2.75, 3.05) is 0 Å². The molecule has 0 aliphatic rings. The van der Waals surface area contributed by atoms with Crippen LogP contribution in [0.1, 0.15) is 33.4 Å². The standard InChI is InChI=1S/C35H27N3O/c1-24-7-3-4-8-28(24)16-15-26-11-13-27(14-12-26)22-31(23-36)29-17-19-32(20-18-29)37-38-34-33-10-6-5-9-30(33)21-25(2)35(34)39/h3-22,39H,1-2H3/b16-15-,31-22-,38-37?. The minimum absolute atomic E-state index is 0.125. The number of aryl methyl sites for hydroxylation is 2. The highest BCUT2D eigenvalue weighted by Gasteiger charge is 2.10. The fraction of sp³-hybridized carbons (Fsp3) is 0.0571. The predicted molar refractivity (Wildman–Crippen MR) is 161 cm³/mol. The van der Waals surface area contributed by atoms with Crippen molar-refractivity contribution in [3.63, 3.8) is 0 Å². The number of azo groups is 1. The van der Waals surface area contributed by atoms with Crippen LogP contribution in [-0.2, 0) is 0 Å². The fourth-order valence-corrected chi connectivity index (χ4v) is 4.38. The van der Waals surface area contributed by atoms with Crippen LogP contribution in [0.15, 0.2) is 113 Å². The second-order valence-electron chi connectivity index (χ2n) is 9.39. The van der Waals surface area contributed by atoms with Gasteiger partial charge in [-0.15, -0.1) is 5.11 Å². The molecule has 0 atom stereocenters. The molecule has 188 valence electrons. The molecule has 0 spiro atoms. The van der Waals surface area contributed by atoms with E-state index in [4.69, 9.17) is 0 Å². The lowest BCUT2D eigenvalue weighted by atomic mass is 10.0. The quantitative estimate of drug-likeness (QED) is 0.142. The molecule has 5 aromatic carbocycles. The van der Waals surface area contributed by atoms with Gasteiger partial charge in [-0.05, 0) is 76.9 Å². The molecule has 4 nitrogen and oxygen atoms in total. The van der Waals surface area contributed by atoms with Gasteiger partial charge in [0.05, 0.1) is 17.3 Å². The third-order valence-corrected chi connectivity index (χ3v) is 6.64. The summed E-state index contributed by atoms with van der Waals surface area (Å²) in [6.07, 6.45) is 6.08. The van der Waals surface area contributed by atoms with Crippen molar-refractivity contribution in [3.8, 4) is 11.8 Å². The average Bonchev–Trinajstić information content (AvgIpc) is 2.97. The number of nitrogens with zero attached hydrogens (tertiary/aromatic N) is 3. The second kappa shape index (κ2) is 11.4. The second-order valence-corrected chi connectivity index (χ2v) is 9.39. The van der Waals surface area contributed by atoms with E-state index in [-0.39, 0.29) is 5.75 Å². The van der Waals surface area contributed by atoms with Crippen LogP contribution in [0.5, 0.6) is 5.75 Å². The van der Waals surface area contributed by atoms with Crippen LogP contribution in [0.4, 0.5) is 11.4 Å². The van der Waals surface area contributed by atoms with Gasteiger partial charge in [0.2, 0.25) is 0 Å². The molecule has 0 aliphatic heterocycles. The van der Waals surface area contributed by atoms with Crippen molar-refractivity contribution in [2.24, 2.45) is 10.2 Å². The minimum Gasteiger partial charge on any atom is -0.505 e. The van der Waals surface area contributed by atoms with Crippen molar-refractivity contribution in [2.45, 2.75) is 13.8 Å². The molecule has 0 saturated heterocycles. The highest BCUT2D eigenvalue weighted by molar-refractivity contribution is 5.96. The minimum atomic E-state index is 0.125. The van der Waals surface area contributed by atoms with E-state index >= 15 is 0 Å². The third kappa shape index (κ3) is 5.84.